The molecular formula is C39H23N3S. The van der Waals surface area contributed by atoms with E-state index in [0.717, 1.165) is 22.1 Å². The van der Waals surface area contributed by atoms with Crippen LogP contribution in [0.5, 0.6) is 0 Å². The maximum absolute atomic E-state index is 4.95. The van der Waals surface area contributed by atoms with Crippen LogP contribution in [0.25, 0.3) is 86.7 Å². The van der Waals surface area contributed by atoms with Gasteiger partial charge in [-0.3, -0.25) is 0 Å². The van der Waals surface area contributed by atoms with Gasteiger partial charge >= 0.3 is 0 Å². The van der Waals surface area contributed by atoms with E-state index in [1.54, 1.807) is 0 Å². The first kappa shape index (κ1) is 24.2. The Balaban J connectivity index is 1.26. The third kappa shape index (κ3) is 3.99. The van der Waals surface area contributed by atoms with Crippen LogP contribution < -0.4 is 0 Å². The molecule has 4 heteroatoms. The van der Waals surface area contributed by atoms with Gasteiger partial charge in [0.2, 0.25) is 0 Å². The molecule has 9 rings (SSSR count). The second-order valence-corrected chi connectivity index (χ2v) is 12.0. The van der Waals surface area contributed by atoms with Gasteiger partial charge in [-0.05, 0) is 56.6 Å². The molecule has 43 heavy (non-hydrogen) atoms. The zero-order valence-electron chi connectivity index (χ0n) is 23.0. The molecule has 0 fully saturated rings. The van der Waals surface area contributed by atoms with Crippen LogP contribution in [0.3, 0.4) is 0 Å². The Kier molecular flexibility index (Phi) is 5.37. The Morgan fingerprint density at radius 3 is 1.63 bits per heavy atom. The molecule has 2 aromatic heterocycles. The predicted octanol–water partition coefficient (Wildman–Crippen LogP) is 10.7. The number of rotatable bonds is 3. The fourth-order valence-corrected chi connectivity index (χ4v) is 7.32. The summed E-state index contributed by atoms with van der Waals surface area (Å²) in [6.45, 7) is 0. The average molecular weight is 566 g/mol. The van der Waals surface area contributed by atoms with Crippen LogP contribution in [0.1, 0.15) is 0 Å². The first-order valence-electron chi connectivity index (χ1n) is 14.4. The summed E-state index contributed by atoms with van der Waals surface area (Å²) in [6, 6.07) is 49.2. The van der Waals surface area contributed by atoms with Crippen molar-refractivity contribution in [1.82, 2.24) is 15.0 Å². The number of thiophene rings is 1. The number of benzene rings is 7. The van der Waals surface area contributed by atoms with Crippen molar-refractivity contribution in [2.24, 2.45) is 0 Å². The lowest BCUT2D eigenvalue weighted by Gasteiger charge is -2.11. The summed E-state index contributed by atoms with van der Waals surface area (Å²) in [5.74, 6) is 2.00. The fourth-order valence-electron chi connectivity index (χ4n) is 6.18. The molecule has 0 unspecified atom stereocenters. The second kappa shape index (κ2) is 9.55. The highest BCUT2D eigenvalue weighted by Gasteiger charge is 2.14. The summed E-state index contributed by atoms with van der Waals surface area (Å²) in [5, 5.41) is 10.1. The summed E-state index contributed by atoms with van der Waals surface area (Å²) in [5.41, 5.74) is 2.90. The van der Waals surface area contributed by atoms with Crippen molar-refractivity contribution < 1.29 is 0 Å². The maximum atomic E-state index is 4.95. The summed E-state index contributed by atoms with van der Waals surface area (Å²) >= 11 is 1.87. The van der Waals surface area contributed by atoms with E-state index in [9.17, 15) is 0 Å². The van der Waals surface area contributed by atoms with Gasteiger partial charge in [-0.2, -0.15) is 0 Å². The van der Waals surface area contributed by atoms with Gasteiger partial charge in [-0.25, -0.2) is 15.0 Å². The highest BCUT2D eigenvalue weighted by Crippen LogP contribution is 2.40. The van der Waals surface area contributed by atoms with Crippen molar-refractivity contribution in [3.05, 3.63) is 140 Å². The molecule has 0 aliphatic carbocycles. The van der Waals surface area contributed by atoms with Gasteiger partial charge in [0, 0.05) is 36.9 Å². The Hall–Kier alpha value is -5.45. The molecule has 7 aromatic carbocycles. The average Bonchev–Trinajstić information content (AvgIpc) is 3.44. The van der Waals surface area contributed by atoms with Gasteiger partial charge in [-0.1, -0.05) is 115 Å². The van der Waals surface area contributed by atoms with Crippen LogP contribution in [0, 0.1) is 0 Å². The third-order valence-electron chi connectivity index (χ3n) is 8.27. The number of hydrogen-bond acceptors (Lipinski definition) is 4. The van der Waals surface area contributed by atoms with Crippen molar-refractivity contribution in [1.29, 1.82) is 0 Å². The largest absolute Gasteiger partial charge is 0.208 e. The van der Waals surface area contributed by atoms with Gasteiger partial charge in [0.15, 0.2) is 17.5 Å². The predicted molar refractivity (Wildman–Crippen MR) is 182 cm³/mol. The van der Waals surface area contributed by atoms with E-state index < -0.39 is 0 Å². The van der Waals surface area contributed by atoms with Gasteiger partial charge in [-0.15, -0.1) is 11.3 Å². The van der Waals surface area contributed by atoms with Gasteiger partial charge in [0.05, 0.1) is 0 Å². The lowest BCUT2D eigenvalue weighted by atomic mass is 9.94. The molecule has 0 N–H and O–H groups in total. The molecular weight excluding hydrogens is 543 g/mol. The summed E-state index contributed by atoms with van der Waals surface area (Å²) < 4.78 is 2.66. The molecule has 0 aliphatic rings. The minimum atomic E-state index is 0.666. The lowest BCUT2D eigenvalue weighted by molar-refractivity contribution is 1.07. The molecule has 0 amide bonds. The molecule has 0 saturated carbocycles. The zero-order chi connectivity index (χ0) is 28.3. The number of aromatic nitrogens is 3. The summed E-state index contributed by atoms with van der Waals surface area (Å²) in [6.07, 6.45) is 0. The van der Waals surface area contributed by atoms with Crippen LogP contribution in [-0.2, 0) is 0 Å². The van der Waals surface area contributed by atoms with E-state index in [1.165, 1.54) is 47.1 Å². The minimum absolute atomic E-state index is 0.666. The number of fused-ring (bicyclic) bond motifs is 8. The highest BCUT2D eigenvalue weighted by atomic mass is 32.1. The first-order chi connectivity index (χ1) is 21.3. The molecule has 0 aliphatic heterocycles. The molecule has 3 nitrogen and oxygen atoms in total. The molecule has 0 radical (unpaired) electrons. The summed E-state index contributed by atoms with van der Waals surface area (Å²) in [4.78, 5) is 14.8. The topological polar surface area (TPSA) is 38.7 Å². The van der Waals surface area contributed by atoms with Crippen LogP contribution in [-0.4, -0.2) is 15.0 Å². The minimum Gasteiger partial charge on any atom is -0.208 e. The zero-order valence-corrected chi connectivity index (χ0v) is 23.8. The fraction of sp³-hybridized carbons (Fsp3) is 0. The van der Waals surface area contributed by atoms with E-state index in [2.05, 4.69) is 78.9 Å². The Labute approximate surface area is 251 Å². The van der Waals surface area contributed by atoms with E-state index in [1.807, 2.05) is 72.0 Å². The van der Waals surface area contributed by atoms with Crippen molar-refractivity contribution in [2.45, 2.75) is 0 Å². The van der Waals surface area contributed by atoms with Crippen molar-refractivity contribution in [3.63, 3.8) is 0 Å². The Morgan fingerprint density at radius 1 is 0.349 bits per heavy atom. The molecule has 2 heterocycles. The molecule has 0 atom stereocenters. The standard InChI is InChI=1S/C39H23N3S/c1-3-9-25(10-4-1)37-40-38(26-11-5-2-6-12-26)42-39(41-37)29-19-20-30-27(21-29)17-15-24-16-18-28-22-35-33(23-32(28)36(24)30)31-13-7-8-14-34(31)43-35/h1-23H. The lowest BCUT2D eigenvalue weighted by Crippen LogP contribution is -2.00. The van der Waals surface area contributed by atoms with Crippen LogP contribution in [0.4, 0.5) is 0 Å². The maximum Gasteiger partial charge on any atom is 0.164 e. The van der Waals surface area contributed by atoms with Crippen molar-refractivity contribution in [3.8, 4) is 34.2 Å². The van der Waals surface area contributed by atoms with Gasteiger partial charge in [0.25, 0.3) is 0 Å². The van der Waals surface area contributed by atoms with Crippen molar-refractivity contribution in [2.75, 3.05) is 0 Å². The molecule has 0 spiro atoms. The van der Waals surface area contributed by atoms with Gasteiger partial charge in [0.1, 0.15) is 0 Å². The van der Waals surface area contributed by atoms with E-state index in [4.69, 9.17) is 15.0 Å². The van der Waals surface area contributed by atoms with E-state index >= 15 is 0 Å². The summed E-state index contributed by atoms with van der Waals surface area (Å²) in [7, 11) is 0. The van der Waals surface area contributed by atoms with Gasteiger partial charge < -0.3 is 0 Å². The smallest absolute Gasteiger partial charge is 0.164 e. The third-order valence-corrected chi connectivity index (χ3v) is 9.40. The quantitative estimate of drug-likeness (QED) is 0.200. The monoisotopic (exact) mass is 565 g/mol. The molecule has 200 valence electrons. The van der Waals surface area contributed by atoms with Crippen LogP contribution in [0.2, 0.25) is 0 Å². The van der Waals surface area contributed by atoms with E-state index in [-0.39, 0.29) is 0 Å². The Bertz CT molecular complexity index is 2440. The van der Waals surface area contributed by atoms with E-state index in [0.29, 0.717) is 17.5 Å². The van der Waals surface area contributed by atoms with Crippen LogP contribution in [0.15, 0.2) is 140 Å². The number of hydrogen-bond donors (Lipinski definition) is 0. The molecule has 9 aromatic rings. The normalized spacial score (nSPS) is 11.7. The second-order valence-electron chi connectivity index (χ2n) is 10.9. The molecule has 0 saturated heterocycles. The van der Waals surface area contributed by atoms with Crippen LogP contribution >= 0.6 is 11.3 Å². The van der Waals surface area contributed by atoms with Crippen molar-refractivity contribution >= 4 is 63.8 Å². The SMILES string of the molecule is c1ccc(-c2nc(-c3ccccc3)nc(-c3ccc4c(ccc5ccc6cc7sc8ccccc8c7cc6c54)c3)n2)cc1. The highest BCUT2D eigenvalue weighted by molar-refractivity contribution is 7.25. The molecule has 0 bridgehead atoms. The first-order valence-corrected chi connectivity index (χ1v) is 15.2. The number of nitrogens with zero attached hydrogens (tertiary/aromatic N) is 3. The Morgan fingerprint density at radius 2 is 0.930 bits per heavy atom.